The number of halogens is 1. The molecule has 1 aliphatic carbocycles. The molecular formula is C16H24BFO2. The first-order valence-corrected chi connectivity index (χ1v) is 7.46. The SMILES string of the molecule is C#CCC1CCCCC1=C(F)B1OC(C)(C)C(C)(C)O1. The Balaban J connectivity index is 2.23. The lowest BCUT2D eigenvalue weighted by molar-refractivity contribution is 0.00578. The second-order valence-electron chi connectivity index (χ2n) is 6.81. The molecule has 1 atom stereocenters. The van der Waals surface area contributed by atoms with Gasteiger partial charge in [0.05, 0.1) is 11.2 Å². The van der Waals surface area contributed by atoms with Gasteiger partial charge in [0, 0.05) is 6.42 Å². The summed E-state index contributed by atoms with van der Waals surface area (Å²) in [6.07, 6.45) is 9.87. The summed E-state index contributed by atoms with van der Waals surface area (Å²) in [5, 5.41) is 0. The summed E-state index contributed by atoms with van der Waals surface area (Å²) >= 11 is 0. The third-order valence-corrected chi connectivity index (χ3v) is 4.87. The van der Waals surface area contributed by atoms with E-state index in [0.29, 0.717) is 6.42 Å². The Morgan fingerprint density at radius 3 is 2.45 bits per heavy atom. The van der Waals surface area contributed by atoms with Crippen molar-refractivity contribution in [3.8, 4) is 12.3 Å². The van der Waals surface area contributed by atoms with Crippen LogP contribution in [0.2, 0.25) is 0 Å². The molecule has 0 amide bonds. The van der Waals surface area contributed by atoms with Gasteiger partial charge in [-0.3, -0.25) is 0 Å². The van der Waals surface area contributed by atoms with Crippen molar-refractivity contribution in [2.75, 3.05) is 0 Å². The van der Waals surface area contributed by atoms with Crippen molar-refractivity contribution in [1.82, 2.24) is 0 Å². The lowest BCUT2D eigenvalue weighted by Gasteiger charge is -2.32. The predicted octanol–water partition coefficient (Wildman–Crippen LogP) is 4.05. The molecule has 2 rings (SSSR count). The van der Waals surface area contributed by atoms with Crippen molar-refractivity contribution >= 4 is 7.12 Å². The van der Waals surface area contributed by atoms with Crippen molar-refractivity contribution in [1.29, 1.82) is 0 Å². The van der Waals surface area contributed by atoms with Gasteiger partial charge in [-0.1, -0.05) is 6.42 Å². The molecule has 0 N–H and O–H groups in total. The Bertz CT molecular complexity index is 432. The first-order chi connectivity index (χ1) is 9.28. The van der Waals surface area contributed by atoms with Gasteiger partial charge in [-0.05, 0) is 58.4 Å². The third kappa shape index (κ3) is 2.80. The van der Waals surface area contributed by atoms with Crippen LogP contribution in [0.1, 0.15) is 59.8 Å². The highest BCUT2D eigenvalue weighted by molar-refractivity contribution is 6.53. The molecule has 0 aromatic rings. The molecular weight excluding hydrogens is 254 g/mol. The first kappa shape index (κ1) is 15.6. The third-order valence-electron chi connectivity index (χ3n) is 4.87. The fourth-order valence-corrected chi connectivity index (χ4v) is 2.86. The summed E-state index contributed by atoms with van der Waals surface area (Å²) in [6, 6.07) is 0. The maximum atomic E-state index is 14.8. The monoisotopic (exact) mass is 278 g/mol. The van der Waals surface area contributed by atoms with E-state index in [1.165, 1.54) is 0 Å². The Hall–Kier alpha value is -0.785. The zero-order valence-corrected chi connectivity index (χ0v) is 13.0. The van der Waals surface area contributed by atoms with Gasteiger partial charge in [-0.2, -0.15) is 0 Å². The van der Waals surface area contributed by atoms with E-state index in [1.807, 2.05) is 27.7 Å². The van der Waals surface area contributed by atoms with E-state index in [-0.39, 0.29) is 11.6 Å². The number of terminal acetylenes is 1. The van der Waals surface area contributed by atoms with Crippen LogP contribution in [0.4, 0.5) is 4.39 Å². The van der Waals surface area contributed by atoms with Crippen LogP contribution >= 0.6 is 0 Å². The second kappa shape index (κ2) is 5.54. The predicted molar refractivity (Wildman–Crippen MR) is 79.6 cm³/mol. The molecule has 1 saturated heterocycles. The quantitative estimate of drug-likeness (QED) is 0.560. The Labute approximate surface area is 122 Å². The summed E-state index contributed by atoms with van der Waals surface area (Å²) in [6.45, 7) is 7.74. The normalized spacial score (nSPS) is 31.0. The molecule has 1 aliphatic heterocycles. The molecule has 0 bridgehead atoms. The summed E-state index contributed by atoms with van der Waals surface area (Å²) in [7, 11) is -0.881. The number of hydrogen-bond donors (Lipinski definition) is 0. The molecule has 1 heterocycles. The summed E-state index contributed by atoms with van der Waals surface area (Å²) in [5.41, 5.74) is -0.450. The highest BCUT2D eigenvalue weighted by Gasteiger charge is 2.53. The van der Waals surface area contributed by atoms with E-state index in [4.69, 9.17) is 15.7 Å². The molecule has 0 radical (unpaired) electrons. The lowest BCUT2D eigenvalue weighted by Crippen LogP contribution is -2.41. The number of allylic oxidation sites excluding steroid dienone is 1. The largest absolute Gasteiger partial charge is 0.525 e. The van der Waals surface area contributed by atoms with E-state index in [1.54, 1.807) is 0 Å². The molecule has 2 fully saturated rings. The molecule has 0 aromatic heterocycles. The minimum absolute atomic E-state index is 0.146. The topological polar surface area (TPSA) is 18.5 Å². The van der Waals surface area contributed by atoms with Gasteiger partial charge in [0.2, 0.25) is 0 Å². The zero-order chi connectivity index (χ0) is 15.0. The van der Waals surface area contributed by atoms with Crippen molar-refractivity contribution in [3.05, 3.63) is 11.3 Å². The molecule has 4 heteroatoms. The van der Waals surface area contributed by atoms with Gasteiger partial charge in [-0.15, -0.1) is 12.3 Å². The van der Waals surface area contributed by atoms with E-state index in [2.05, 4.69) is 5.92 Å². The van der Waals surface area contributed by atoms with Crippen LogP contribution in [0.3, 0.4) is 0 Å². The maximum absolute atomic E-state index is 14.8. The summed E-state index contributed by atoms with van der Waals surface area (Å²) < 4.78 is 26.4. The minimum Gasteiger partial charge on any atom is -0.398 e. The van der Waals surface area contributed by atoms with Crippen LogP contribution in [0.25, 0.3) is 0 Å². The average molecular weight is 278 g/mol. The van der Waals surface area contributed by atoms with Crippen LogP contribution in [0.5, 0.6) is 0 Å². The Morgan fingerprint density at radius 2 is 1.90 bits per heavy atom. The van der Waals surface area contributed by atoms with Gasteiger partial charge in [0.1, 0.15) is 5.73 Å². The van der Waals surface area contributed by atoms with Crippen molar-refractivity contribution in [2.45, 2.75) is 71.0 Å². The second-order valence-corrected chi connectivity index (χ2v) is 6.81. The van der Waals surface area contributed by atoms with Crippen LogP contribution in [0.15, 0.2) is 11.3 Å². The highest BCUT2D eigenvalue weighted by atomic mass is 19.1. The molecule has 0 aromatic carbocycles. The van der Waals surface area contributed by atoms with Crippen LogP contribution in [0, 0.1) is 18.3 Å². The van der Waals surface area contributed by atoms with Crippen molar-refractivity contribution < 1.29 is 13.7 Å². The van der Waals surface area contributed by atoms with Gasteiger partial charge < -0.3 is 9.31 Å². The summed E-state index contributed by atoms with van der Waals surface area (Å²) in [5.74, 6) is 2.81. The molecule has 2 aliphatic rings. The van der Waals surface area contributed by atoms with E-state index in [9.17, 15) is 4.39 Å². The van der Waals surface area contributed by atoms with Crippen molar-refractivity contribution in [3.63, 3.8) is 0 Å². The summed E-state index contributed by atoms with van der Waals surface area (Å²) in [4.78, 5) is 0. The number of rotatable bonds is 2. The molecule has 0 spiro atoms. The zero-order valence-electron chi connectivity index (χ0n) is 13.0. The van der Waals surface area contributed by atoms with Gasteiger partial charge in [0.15, 0.2) is 0 Å². The van der Waals surface area contributed by atoms with Crippen LogP contribution in [-0.2, 0) is 9.31 Å². The van der Waals surface area contributed by atoms with Gasteiger partial charge in [-0.25, -0.2) is 4.39 Å². The van der Waals surface area contributed by atoms with E-state index in [0.717, 1.165) is 31.3 Å². The average Bonchev–Trinajstić information content (AvgIpc) is 2.59. The lowest BCUT2D eigenvalue weighted by atomic mass is 9.74. The molecule has 1 saturated carbocycles. The van der Waals surface area contributed by atoms with Gasteiger partial charge >= 0.3 is 7.12 Å². The van der Waals surface area contributed by atoms with E-state index >= 15 is 0 Å². The van der Waals surface area contributed by atoms with Crippen LogP contribution < -0.4 is 0 Å². The van der Waals surface area contributed by atoms with E-state index < -0.39 is 18.3 Å². The molecule has 1 unspecified atom stereocenters. The molecule has 20 heavy (non-hydrogen) atoms. The molecule has 2 nitrogen and oxygen atoms in total. The standard InChI is InChI=1S/C16H24BFO2/c1-6-9-12-10-7-8-11-13(12)14(18)17-19-15(2,3)16(4,5)20-17/h1,12H,7-11H2,2-5H3. The van der Waals surface area contributed by atoms with Crippen LogP contribution in [-0.4, -0.2) is 18.3 Å². The first-order valence-electron chi connectivity index (χ1n) is 7.46. The Morgan fingerprint density at radius 1 is 1.30 bits per heavy atom. The fraction of sp³-hybridized carbons (Fsp3) is 0.750. The highest BCUT2D eigenvalue weighted by Crippen LogP contribution is 2.42. The fourth-order valence-electron chi connectivity index (χ4n) is 2.86. The van der Waals surface area contributed by atoms with Gasteiger partial charge in [0.25, 0.3) is 0 Å². The number of hydrogen-bond acceptors (Lipinski definition) is 2. The van der Waals surface area contributed by atoms with Crippen molar-refractivity contribution in [2.24, 2.45) is 5.92 Å². The molecule has 110 valence electrons. The smallest absolute Gasteiger partial charge is 0.398 e. The minimum atomic E-state index is -0.881. The maximum Gasteiger partial charge on any atom is 0.525 e. The Kier molecular flexibility index (Phi) is 4.32.